The van der Waals surface area contributed by atoms with E-state index in [-0.39, 0.29) is 32.3 Å². The Morgan fingerprint density at radius 1 is 0.857 bits per heavy atom. The lowest BCUT2D eigenvalue weighted by atomic mass is 10.2. The van der Waals surface area contributed by atoms with Gasteiger partial charge < -0.3 is 9.84 Å². The minimum absolute atomic E-state index is 0.0141. The molecule has 0 aliphatic heterocycles. The summed E-state index contributed by atoms with van der Waals surface area (Å²) in [6.07, 6.45) is -4.50. The van der Waals surface area contributed by atoms with Crippen LogP contribution in [0, 0.1) is 0 Å². The molecule has 21 heavy (non-hydrogen) atoms. The molecular formula is C13H6Cl3F3O2. The van der Waals surface area contributed by atoms with Gasteiger partial charge in [-0.05, 0) is 24.3 Å². The van der Waals surface area contributed by atoms with E-state index >= 15 is 0 Å². The Kier molecular flexibility index (Phi) is 4.46. The number of phenols is 1. The van der Waals surface area contributed by atoms with Crippen LogP contribution < -0.4 is 4.74 Å². The summed E-state index contributed by atoms with van der Waals surface area (Å²) in [5, 5.41) is 9.33. The number of phenolic OH excluding ortho intramolecular Hbond substituents is 1. The molecule has 0 heterocycles. The number of rotatable bonds is 2. The number of ether oxygens (including phenoxy) is 1. The summed E-state index contributed by atoms with van der Waals surface area (Å²) in [5.74, 6) is -0.299. The molecule has 1 N–H and O–H groups in total. The van der Waals surface area contributed by atoms with E-state index in [0.29, 0.717) is 0 Å². The van der Waals surface area contributed by atoms with Crippen LogP contribution in [0.4, 0.5) is 13.2 Å². The maximum Gasteiger partial charge on any atom is 0.416 e. The molecule has 0 fully saturated rings. The summed E-state index contributed by atoms with van der Waals surface area (Å²) in [7, 11) is 0. The van der Waals surface area contributed by atoms with Crippen molar-refractivity contribution >= 4 is 34.8 Å². The van der Waals surface area contributed by atoms with Gasteiger partial charge >= 0.3 is 6.18 Å². The Morgan fingerprint density at radius 3 is 2.05 bits per heavy atom. The third-order valence-electron chi connectivity index (χ3n) is 2.48. The van der Waals surface area contributed by atoms with Gasteiger partial charge in [-0.2, -0.15) is 13.2 Å². The second-order valence-electron chi connectivity index (χ2n) is 3.98. The van der Waals surface area contributed by atoms with Gasteiger partial charge in [0, 0.05) is 6.07 Å². The van der Waals surface area contributed by atoms with E-state index in [4.69, 9.17) is 39.5 Å². The van der Waals surface area contributed by atoms with Crippen LogP contribution in [-0.2, 0) is 6.18 Å². The molecule has 0 aliphatic rings. The lowest BCUT2D eigenvalue weighted by Crippen LogP contribution is -2.04. The quantitative estimate of drug-likeness (QED) is 0.697. The maximum absolute atomic E-state index is 12.5. The maximum atomic E-state index is 12.5. The standard InChI is InChI=1S/C13H6Cl3F3O2/c14-7-4-9(16)12(5-10(7)20)21-11-2-1-6(3-8(11)15)13(17,18)19/h1-5,20H. The lowest BCUT2D eigenvalue weighted by molar-refractivity contribution is -0.137. The summed E-state index contributed by atoms with van der Waals surface area (Å²) in [5.41, 5.74) is -0.898. The highest BCUT2D eigenvalue weighted by atomic mass is 35.5. The Bertz CT molecular complexity index is 687. The average Bonchev–Trinajstić information content (AvgIpc) is 2.36. The second kappa shape index (κ2) is 5.83. The number of halogens is 6. The zero-order chi connectivity index (χ0) is 15.8. The molecule has 0 amide bonds. The first-order valence-electron chi connectivity index (χ1n) is 5.41. The van der Waals surface area contributed by atoms with Crippen LogP contribution in [0.2, 0.25) is 15.1 Å². The minimum Gasteiger partial charge on any atom is -0.506 e. The molecule has 0 spiro atoms. The smallest absolute Gasteiger partial charge is 0.416 e. The zero-order valence-electron chi connectivity index (χ0n) is 10.0. The summed E-state index contributed by atoms with van der Waals surface area (Å²) >= 11 is 17.3. The molecule has 0 aromatic heterocycles. The predicted octanol–water partition coefficient (Wildman–Crippen LogP) is 6.16. The number of benzene rings is 2. The number of hydrogen-bond acceptors (Lipinski definition) is 2. The minimum atomic E-state index is -4.50. The van der Waals surface area contributed by atoms with Gasteiger partial charge in [0.1, 0.15) is 17.2 Å². The molecule has 0 unspecified atom stereocenters. The lowest BCUT2D eigenvalue weighted by Gasteiger charge is -2.12. The molecule has 0 atom stereocenters. The molecule has 0 saturated heterocycles. The average molecular weight is 358 g/mol. The highest BCUT2D eigenvalue weighted by molar-refractivity contribution is 6.36. The summed E-state index contributed by atoms with van der Waals surface area (Å²) in [4.78, 5) is 0. The van der Waals surface area contributed by atoms with Crippen molar-refractivity contribution in [1.82, 2.24) is 0 Å². The summed E-state index contributed by atoms with van der Waals surface area (Å²) < 4.78 is 42.9. The number of aromatic hydroxyl groups is 1. The Hall–Kier alpha value is -1.30. The molecule has 2 nitrogen and oxygen atoms in total. The van der Waals surface area contributed by atoms with E-state index in [2.05, 4.69) is 0 Å². The van der Waals surface area contributed by atoms with Crippen molar-refractivity contribution in [2.24, 2.45) is 0 Å². The van der Waals surface area contributed by atoms with Gasteiger partial charge in [-0.25, -0.2) is 0 Å². The summed E-state index contributed by atoms with van der Waals surface area (Å²) in [6, 6.07) is 5.00. The van der Waals surface area contributed by atoms with Crippen LogP contribution in [0.15, 0.2) is 30.3 Å². The van der Waals surface area contributed by atoms with Crippen molar-refractivity contribution in [3.05, 3.63) is 51.0 Å². The number of hydrogen-bond donors (Lipinski definition) is 1. The topological polar surface area (TPSA) is 29.5 Å². The van der Waals surface area contributed by atoms with E-state index < -0.39 is 11.7 Å². The van der Waals surface area contributed by atoms with Crippen molar-refractivity contribution in [3.8, 4) is 17.2 Å². The van der Waals surface area contributed by atoms with Gasteiger partial charge in [0.05, 0.1) is 20.6 Å². The molecule has 112 valence electrons. The normalized spacial score (nSPS) is 11.5. The van der Waals surface area contributed by atoms with Gasteiger partial charge in [-0.3, -0.25) is 0 Å². The second-order valence-corrected chi connectivity index (χ2v) is 5.20. The van der Waals surface area contributed by atoms with E-state index in [1.54, 1.807) is 0 Å². The molecule has 0 bridgehead atoms. The predicted molar refractivity (Wildman–Crippen MR) is 74.7 cm³/mol. The van der Waals surface area contributed by atoms with Crippen LogP contribution >= 0.6 is 34.8 Å². The van der Waals surface area contributed by atoms with E-state index in [0.717, 1.165) is 24.3 Å². The Balaban J connectivity index is 2.35. The first kappa shape index (κ1) is 16.1. The van der Waals surface area contributed by atoms with E-state index in [9.17, 15) is 18.3 Å². The molecule has 2 aromatic carbocycles. The van der Waals surface area contributed by atoms with E-state index in [1.807, 2.05) is 0 Å². The summed E-state index contributed by atoms with van der Waals surface area (Å²) in [6.45, 7) is 0. The molecule has 0 saturated carbocycles. The molecule has 2 rings (SSSR count). The van der Waals surface area contributed by atoms with Crippen LogP contribution in [0.3, 0.4) is 0 Å². The van der Waals surface area contributed by atoms with Crippen molar-refractivity contribution in [3.63, 3.8) is 0 Å². The van der Waals surface area contributed by atoms with Crippen molar-refractivity contribution in [2.45, 2.75) is 6.18 Å². The van der Waals surface area contributed by atoms with Crippen LogP contribution in [0.1, 0.15) is 5.56 Å². The largest absolute Gasteiger partial charge is 0.506 e. The van der Waals surface area contributed by atoms with Crippen LogP contribution in [-0.4, -0.2) is 5.11 Å². The van der Waals surface area contributed by atoms with Crippen molar-refractivity contribution in [1.29, 1.82) is 0 Å². The molecule has 2 aromatic rings. The monoisotopic (exact) mass is 356 g/mol. The van der Waals surface area contributed by atoms with Crippen molar-refractivity contribution < 1.29 is 23.0 Å². The van der Waals surface area contributed by atoms with Gasteiger partial charge in [0.25, 0.3) is 0 Å². The SMILES string of the molecule is Oc1cc(Oc2ccc(C(F)(F)F)cc2Cl)c(Cl)cc1Cl. The van der Waals surface area contributed by atoms with Gasteiger partial charge in [0.2, 0.25) is 0 Å². The fraction of sp³-hybridized carbons (Fsp3) is 0.0769. The molecular weight excluding hydrogens is 351 g/mol. The first-order chi connectivity index (χ1) is 9.68. The van der Waals surface area contributed by atoms with Crippen LogP contribution in [0.25, 0.3) is 0 Å². The Morgan fingerprint density at radius 2 is 1.48 bits per heavy atom. The van der Waals surface area contributed by atoms with Gasteiger partial charge in [0.15, 0.2) is 0 Å². The third kappa shape index (κ3) is 3.67. The van der Waals surface area contributed by atoms with Gasteiger partial charge in [-0.15, -0.1) is 0 Å². The molecule has 0 radical (unpaired) electrons. The van der Waals surface area contributed by atoms with Crippen LogP contribution in [0.5, 0.6) is 17.2 Å². The number of alkyl halides is 3. The van der Waals surface area contributed by atoms with Crippen molar-refractivity contribution in [2.75, 3.05) is 0 Å². The zero-order valence-corrected chi connectivity index (χ0v) is 12.3. The molecule has 8 heteroatoms. The highest BCUT2D eigenvalue weighted by Crippen LogP contribution is 2.40. The third-order valence-corrected chi connectivity index (χ3v) is 3.37. The highest BCUT2D eigenvalue weighted by Gasteiger charge is 2.31. The Labute approximate surface area is 132 Å². The first-order valence-corrected chi connectivity index (χ1v) is 6.54. The van der Waals surface area contributed by atoms with Gasteiger partial charge in [-0.1, -0.05) is 34.8 Å². The fourth-order valence-corrected chi connectivity index (χ4v) is 2.12. The van der Waals surface area contributed by atoms with E-state index in [1.165, 1.54) is 6.07 Å². The fourth-order valence-electron chi connectivity index (χ4n) is 1.48. The molecule has 0 aliphatic carbocycles.